The van der Waals surface area contributed by atoms with Crippen LogP contribution in [0.3, 0.4) is 0 Å². The first-order valence-electron chi connectivity index (χ1n) is 8.05. The first kappa shape index (κ1) is 16.6. The Morgan fingerprint density at radius 2 is 1.52 bits per heavy atom. The molecule has 126 valence electrons. The number of aryl methyl sites for hydroxylation is 3. The highest BCUT2D eigenvalue weighted by atomic mass is 16.1. The number of anilines is 3. The van der Waals surface area contributed by atoms with Crippen molar-refractivity contribution in [3.8, 4) is 0 Å². The molecule has 0 unspecified atom stereocenters. The van der Waals surface area contributed by atoms with Gasteiger partial charge in [0.1, 0.15) is 0 Å². The van der Waals surface area contributed by atoms with Crippen LogP contribution in [0.5, 0.6) is 0 Å². The molecule has 0 aliphatic carbocycles. The molecule has 2 N–H and O–H groups in total. The van der Waals surface area contributed by atoms with Crippen molar-refractivity contribution >= 4 is 23.2 Å². The molecule has 0 fully saturated rings. The Kier molecular flexibility index (Phi) is 4.75. The molecule has 0 saturated heterocycles. The maximum atomic E-state index is 12.2. The van der Waals surface area contributed by atoms with Gasteiger partial charge in [-0.25, -0.2) is 9.97 Å². The van der Waals surface area contributed by atoms with Crippen LogP contribution in [0.15, 0.2) is 54.9 Å². The molecule has 0 saturated carbocycles. The highest BCUT2D eigenvalue weighted by molar-refractivity contribution is 6.03. The van der Waals surface area contributed by atoms with E-state index in [4.69, 9.17) is 0 Å². The zero-order chi connectivity index (χ0) is 17.8. The monoisotopic (exact) mass is 332 g/mol. The topological polar surface area (TPSA) is 66.9 Å². The third-order valence-corrected chi connectivity index (χ3v) is 3.85. The fourth-order valence-electron chi connectivity index (χ4n) is 2.42. The molecule has 0 aliphatic rings. The maximum absolute atomic E-state index is 12.2. The summed E-state index contributed by atoms with van der Waals surface area (Å²) in [5.41, 5.74) is 5.56. The minimum Gasteiger partial charge on any atom is -0.324 e. The van der Waals surface area contributed by atoms with E-state index < -0.39 is 0 Å². The van der Waals surface area contributed by atoms with Gasteiger partial charge in [0.25, 0.3) is 5.91 Å². The average Bonchev–Trinajstić information content (AvgIpc) is 2.60. The van der Waals surface area contributed by atoms with Gasteiger partial charge in [0.15, 0.2) is 0 Å². The lowest BCUT2D eigenvalue weighted by atomic mass is 10.1. The van der Waals surface area contributed by atoms with Crippen LogP contribution < -0.4 is 10.6 Å². The number of hydrogen-bond acceptors (Lipinski definition) is 4. The summed E-state index contributed by atoms with van der Waals surface area (Å²) in [7, 11) is 0. The summed E-state index contributed by atoms with van der Waals surface area (Å²) >= 11 is 0. The second-order valence-electron chi connectivity index (χ2n) is 6.06. The Balaban J connectivity index is 1.69. The molecule has 1 heterocycles. The van der Waals surface area contributed by atoms with Crippen molar-refractivity contribution in [2.24, 2.45) is 0 Å². The number of aromatic nitrogens is 2. The summed E-state index contributed by atoms with van der Waals surface area (Å²) in [6.07, 6.45) is 3.03. The van der Waals surface area contributed by atoms with Crippen molar-refractivity contribution in [3.05, 3.63) is 77.1 Å². The Morgan fingerprint density at radius 1 is 0.880 bits per heavy atom. The van der Waals surface area contributed by atoms with Crippen molar-refractivity contribution in [1.82, 2.24) is 9.97 Å². The second-order valence-corrected chi connectivity index (χ2v) is 6.06. The van der Waals surface area contributed by atoms with Crippen molar-refractivity contribution < 1.29 is 4.79 Å². The van der Waals surface area contributed by atoms with Gasteiger partial charge in [-0.1, -0.05) is 35.4 Å². The fourth-order valence-corrected chi connectivity index (χ4v) is 2.42. The van der Waals surface area contributed by atoms with E-state index in [1.807, 2.05) is 50.2 Å². The van der Waals surface area contributed by atoms with Gasteiger partial charge >= 0.3 is 0 Å². The van der Waals surface area contributed by atoms with E-state index in [0.29, 0.717) is 11.5 Å². The number of hydrogen-bond donors (Lipinski definition) is 2. The van der Waals surface area contributed by atoms with Gasteiger partial charge in [-0.3, -0.25) is 4.79 Å². The molecular weight excluding hydrogens is 312 g/mol. The predicted octanol–water partition coefficient (Wildman–Crippen LogP) is 4.40. The van der Waals surface area contributed by atoms with Crippen molar-refractivity contribution in [3.63, 3.8) is 0 Å². The molecule has 0 atom stereocenters. The summed E-state index contributed by atoms with van der Waals surface area (Å²) < 4.78 is 0. The molecular formula is C20H20N4O. The largest absolute Gasteiger partial charge is 0.324 e. The number of nitrogens with one attached hydrogen (secondary N) is 2. The summed E-state index contributed by atoms with van der Waals surface area (Å²) in [6.45, 7) is 6.08. The van der Waals surface area contributed by atoms with Crippen molar-refractivity contribution in [2.75, 3.05) is 10.6 Å². The second kappa shape index (κ2) is 7.13. The third-order valence-electron chi connectivity index (χ3n) is 3.85. The Bertz CT molecular complexity index is 887. The highest BCUT2D eigenvalue weighted by Crippen LogP contribution is 2.19. The normalized spacial score (nSPS) is 10.4. The number of benzene rings is 2. The van der Waals surface area contributed by atoms with Crippen LogP contribution in [0, 0.1) is 20.8 Å². The Morgan fingerprint density at radius 3 is 2.16 bits per heavy atom. The zero-order valence-electron chi connectivity index (χ0n) is 14.5. The Hall–Kier alpha value is -3.21. The molecule has 25 heavy (non-hydrogen) atoms. The molecule has 2 aromatic carbocycles. The Labute approximate surface area is 147 Å². The van der Waals surface area contributed by atoms with Gasteiger partial charge in [0.2, 0.25) is 5.95 Å². The first-order valence-corrected chi connectivity index (χ1v) is 8.05. The summed E-state index contributed by atoms with van der Waals surface area (Å²) in [5.74, 6) is 0.223. The first-order chi connectivity index (χ1) is 12.0. The molecule has 3 rings (SSSR count). The zero-order valence-corrected chi connectivity index (χ0v) is 14.5. The molecule has 5 nitrogen and oxygen atoms in total. The van der Waals surface area contributed by atoms with Crippen LogP contribution >= 0.6 is 0 Å². The molecule has 0 aliphatic heterocycles. The summed E-state index contributed by atoms with van der Waals surface area (Å²) in [4.78, 5) is 20.7. The number of carbonyl (C=O) groups excluding carboxylic acids is 1. The third kappa shape index (κ3) is 4.20. The van der Waals surface area contributed by atoms with E-state index in [1.165, 1.54) is 18.0 Å². The molecule has 1 amide bonds. The quantitative estimate of drug-likeness (QED) is 0.743. The number of nitrogens with zero attached hydrogens (tertiary/aromatic N) is 2. The van der Waals surface area contributed by atoms with Gasteiger partial charge in [-0.15, -0.1) is 0 Å². The minimum atomic E-state index is -0.234. The standard InChI is InChI=1S/C20H20N4O/c1-13-4-7-17(8-5-13)23-19(25)16-11-21-20(22-12-16)24-18-9-6-14(2)10-15(18)3/h4-12H,1-3H3,(H,23,25)(H,21,22,24). The lowest BCUT2D eigenvalue weighted by Gasteiger charge is -2.09. The SMILES string of the molecule is Cc1ccc(NC(=O)c2cnc(Nc3ccc(C)cc3C)nc2)cc1. The van der Waals surface area contributed by atoms with E-state index >= 15 is 0 Å². The molecule has 5 heteroatoms. The maximum Gasteiger partial charge on any atom is 0.258 e. The predicted molar refractivity (Wildman–Crippen MR) is 100 cm³/mol. The fraction of sp³-hybridized carbons (Fsp3) is 0.150. The van der Waals surface area contributed by atoms with Gasteiger partial charge in [0.05, 0.1) is 5.56 Å². The van der Waals surface area contributed by atoms with Gasteiger partial charge in [-0.05, 0) is 44.5 Å². The van der Waals surface area contributed by atoms with Crippen LogP contribution in [0.1, 0.15) is 27.0 Å². The van der Waals surface area contributed by atoms with Gasteiger partial charge in [0, 0.05) is 23.8 Å². The van der Waals surface area contributed by atoms with E-state index in [9.17, 15) is 4.79 Å². The number of rotatable bonds is 4. The van der Waals surface area contributed by atoms with E-state index in [2.05, 4.69) is 33.6 Å². The smallest absolute Gasteiger partial charge is 0.258 e. The molecule has 0 radical (unpaired) electrons. The summed E-state index contributed by atoms with van der Waals surface area (Å²) in [6, 6.07) is 13.7. The number of carbonyl (C=O) groups is 1. The van der Waals surface area contributed by atoms with Gasteiger partial charge in [-0.2, -0.15) is 0 Å². The van der Waals surface area contributed by atoms with E-state index in [1.54, 1.807) is 0 Å². The van der Waals surface area contributed by atoms with Crippen LogP contribution in [0.2, 0.25) is 0 Å². The average molecular weight is 332 g/mol. The minimum absolute atomic E-state index is 0.234. The van der Waals surface area contributed by atoms with Crippen LogP contribution in [0.25, 0.3) is 0 Å². The molecule has 0 spiro atoms. The van der Waals surface area contributed by atoms with Gasteiger partial charge < -0.3 is 10.6 Å². The number of amides is 1. The molecule has 3 aromatic rings. The van der Waals surface area contributed by atoms with Crippen molar-refractivity contribution in [2.45, 2.75) is 20.8 Å². The molecule has 0 bridgehead atoms. The lowest BCUT2D eigenvalue weighted by molar-refractivity contribution is 0.102. The summed E-state index contributed by atoms with van der Waals surface area (Å²) in [5, 5.41) is 6.00. The highest BCUT2D eigenvalue weighted by Gasteiger charge is 2.08. The van der Waals surface area contributed by atoms with Crippen LogP contribution in [-0.4, -0.2) is 15.9 Å². The molecule has 1 aromatic heterocycles. The van der Waals surface area contributed by atoms with E-state index in [0.717, 1.165) is 22.5 Å². The van der Waals surface area contributed by atoms with E-state index in [-0.39, 0.29) is 5.91 Å². The lowest BCUT2D eigenvalue weighted by Crippen LogP contribution is -2.13. The van der Waals surface area contributed by atoms with Crippen LogP contribution in [0.4, 0.5) is 17.3 Å². The van der Waals surface area contributed by atoms with Crippen molar-refractivity contribution in [1.29, 1.82) is 0 Å². The van der Waals surface area contributed by atoms with Crippen LogP contribution in [-0.2, 0) is 0 Å².